The SMILES string of the molecule is C1=CC2c3ccccc3OC2C(c2ccc(-n3c4ccccc4c4cc(-c5ccc6c(c5)c5ccccc5n6-c5ccc(-n6c7ccccc7c7ccccc76)cc5)ccc43)cc2)=C1. The number of benzene rings is 9. The minimum absolute atomic E-state index is 0.0135. The molecular weight excluding hydrogens is 779 g/mol. The third-order valence-corrected chi connectivity index (χ3v) is 13.8. The first-order valence-corrected chi connectivity index (χ1v) is 22.2. The molecule has 9 aromatic carbocycles. The lowest BCUT2D eigenvalue weighted by molar-refractivity contribution is 0.278. The van der Waals surface area contributed by atoms with Gasteiger partial charge in [-0.1, -0.05) is 133 Å². The second-order valence-corrected chi connectivity index (χ2v) is 17.2. The second-order valence-electron chi connectivity index (χ2n) is 17.2. The van der Waals surface area contributed by atoms with Gasteiger partial charge in [0.1, 0.15) is 11.9 Å². The van der Waals surface area contributed by atoms with Crippen molar-refractivity contribution in [3.05, 3.63) is 236 Å². The molecule has 64 heavy (non-hydrogen) atoms. The zero-order chi connectivity index (χ0) is 41.9. The van der Waals surface area contributed by atoms with Gasteiger partial charge in [0.25, 0.3) is 0 Å². The first-order chi connectivity index (χ1) is 31.7. The highest BCUT2D eigenvalue weighted by Gasteiger charge is 2.36. The second kappa shape index (κ2) is 13.6. The lowest BCUT2D eigenvalue weighted by atomic mass is 9.84. The van der Waals surface area contributed by atoms with Crippen molar-refractivity contribution in [3.8, 4) is 33.9 Å². The average Bonchev–Trinajstić information content (AvgIpc) is 4.10. The van der Waals surface area contributed by atoms with Gasteiger partial charge in [0.05, 0.1) is 33.1 Å². The minimum atomic E-state index is -0.0135. The van der Waals surface area contributed by atoms with E-state index in [1.165, 1.54) is 93.2 Å². The van der Waals surface area contributed by atoms with Crippen LogP contribution in [0.1, 0.15) is 17.0 Å². The van der Waals surface area contributed by atoms with Gasteiger partial charge < -0.3 is 18.4 Å². The van der Waals surface area contributed by atoms with E-state index in [2.05, 4.69) is 238 Å². The fourth-order valence-corrected chi connectivity index (χ4v) is 10.9. The largest absolute Gasteiger partial charge is 0.484 e. The Kier molecular flexibility index (Phi) is 7.48. The van der Waals surface area contributed by atoms with E-state index >= 15 is 0 Å². The summed E-state index contributed by atoms with van der Waals surface area (Å²) < 4.78 is 13.7. The number of rotatable bonds is 5. The summed E-state index contributed by atoms with van der Waals surface area (Å²) in [5.74, 6) is 1.22. The third-order valence-electron chi connectivity index (χ3n) is 13.8. The van der Waals surface area contributed by atoms with Crippen molar-refractivity contribution in [1.82, 2.24) is 13.7 Å². The summed E-state index contributed by atoms with van der Waals surface area (Å²) in [7, 11) is 0. The standard InChI is InChI=1S/C60H39N3O/c1-6-19-53-45(12-1)46-13-2-7-20-54(46)61(53)42-30-32-43(33-31-42)63-56-22-9-4-15-48(56)52-37-40(27-35-58(52)63)39-26-34-57-51(36-39)47-14-3-8-21-55(47)62(57)41-28-24-38(25-29-41)44-17-11-18-50-49-16-5-10-23-59(49)64-60(44)50/h1-37,50,60H. The van der Waals surface area contributed by atoms with Crippen LogP contribution in [0.4, 0.5) is 0 Å². The zero-order valence-electron chi connectivity index (χ0n) is 34.8. The Balaban J connectivity index is 0.832. The van der Waals surface area contributed by atoms with Gasteiger partial charge in [-0.05, 0) is 108 Å². The normalized spacial score (nSPS) is 15.7. The van der Waals surface area contributed by atoms with Crippen LogP contribution in [-0.4, -0.2) is 19.8 Å². The summed E-state index contributed by atoms with van der Waals surface area (Å²) in [5, 5.41) is 7.50. The first kappa shape index (κ1) is 35.3. The maximum Gasteiger partial charge on any atom is 0.135 e. The number of para-hydroxylation sites is 5. The highest BCUT2D eigenvalue weighted by atomic mass is 16.5. The number of hydrogen-bond donors (Lipinski definition) is 0. The molecule has 300 valence electrons. The smallest absolute Gasteiger partial charge is 0.135 e. The molecule has 0 bridgehead atoms. The minimum Gasteiger partial charge on any atom is -0.484 e. The number of nitrogens with zero attached hydrogens (tertiary/aromatic N) is 3. The Bertz CT molecular complexity index is 3880. The maximum atomic E-state index is 6.52. The number of allylic oxidation sites excluding steroid dienone is 2. The Hall–Kier alpha value is -8.34. The van der Waals surface area contributed by atoms with E-state index in [9.17, 15) is 0 Å². The lowest BCUT2D eigenvalue weighted by Gasteiger charge is -2.23. The average molecular weight is 818 g/mol. The number of fused-ring (bicyclic) bond motifs is 12. The lowest BCUT2D eigenvalue weighted by Crippen LogP contribution is -2.21. The molecule has 0 N–H and O–H groups in total. The van der Waals surface area contributed by atoms with Crippen molar-refractivity contribution in [3.63, 3.8) is 0 Å². The molecule has 0 amide bonds. The molecule has 0 spiro atoms. The van der Waals surface area contributed by atoms with E-state index in [0.717, 1.165) is 22.8 Å². The predicted molar refractivity (Wildman–Crippen MR) is 266 cm³/mol. The van der Waals surface area contributed by atoms with Crippen molar-refractivity contribution >= 4 is 71.0 Å². The van der Waals surface area contributed by atoms with Gasteiger partial charge in [-0.3, -0.25) is 0 Å². The van der Waals surface area contributed by atoms with Crippen molar-refractivity contribution in [2.75, 3.05) is 0 Å². The highest BCUT2D eigenvalue weighted by Crippen LogP contribution is 2.46. The first-order valence-electron chi connectivity index (χ1n) is 22.2. The molecule has 14 rings (SSSR count). The van der Waals surface area contributed by atoms with E-state index in [4.69, 9.17) is 4.74 Å². The quantitative estimate of drug-likeness (QED) is 0.170. The van der Waals surface area contributed by atoms with Crippen molar-refractivity contribution in [2.45, 2.75) is 12.0 Å². The van der Waals surface area contributed by atoms with Crippen LogP contribution in [-0.2, 0) is 0 Å². The molecule has 2 aliphatic rings. The summed E-state index contributed by atoms with van der Waals surface area (Å²) in [6.07, 6.45) is 6.65. The van der Waals surface area contributed by atoms with Crippen LogP contribution in [0.25, 0.3) is 99.2 Å². The van der Waals surface area contributed by atoms with Gasteiger partial charge in [0.2, 0.25) is 0 Å². The molecular formula is C60H39N3O. The summed E-state index contributed by atoms with van der Waals surface area (Å²) >= 11 is 0. The Morgan fingerprint density at radius 3 is 1.23 bits per heavy atom. The van der Waals surface area contributed by atoms with Crippen LogP contribution < -0.4 is 4.74 Å². The maximum absolute atomic E-state index is 6.52. The molecule has 0 saturated heterocycles. The van der Waals surface area contributed by atoms with E-state index in [-0.39, 0.29) is 12.0 Å². The molecule has 4 nitrogen and oxygen atoms in total. The van der Waals surface area contributed by atoms with Gasteiger partial charge in [-0.25, -0.2) is 0 Å². The third kappa shape index (κ3) is 5.11. The Labute approximate surface area is 369 Å². The van der Waals surface area contributed by atoms with E-state index < -0.39 is 0 Å². The van der Waals surface area contributed by atoms with Gasteiger partial charge in [0, 0.05) is 66.4 Å². The molecule has 0 saturated carbocycles. The molecule has 2 unspecified atom stereocenters. The van der Waals surface area contributed by atoms with Gasteiger partial charge in [-0.2, -0.15) is 0 Å². The van der Waals surface area contributed by atoms with Gasteiger partial charge in [-0.15, -0.1) is 0 Å². The van der Waals surface area contributed by atoms with Crippen molar-refractivity contribution in [2.24, 2.45) is 0 Å². The van der Waals surface area contributed by atoms with Crippen LogP contribution in [0.2, 0.25) is 0 Å². The summed E-state index contributed by atoms with van der Waals surface area (Å²) in [4.78, 5) is 0. The fraction of sp³-hybridized carbons (Fsp3) is 0.0333. The molecule has 0 fully saturated rings. The van der Waals surface area contributed by atoms with Crippen LogP contribution in [0.5, 0.6) is 5.75 Å². The predicted octanol–water partition coefficient (Wildman–Crippen LogP) is 15.1. The number of hydrogen-bond acceptors (Lipinski definition) is 1. The molecule has 3 aromatic heterocycles. The number of ether oxygens (including phenoxy) is 1. The van der Waals surface area contributed by atoms with Crippen LogP contribution in [0.15, 0.2) is 224 Å². The Morgan fingerprint density at radius 1 is 0.344 bits per heavy atom. The topological polar surface area (TPSA) is 24.0 Å². The van der Waals surface area contributed by atoms with E-state index in [1.54, 1.807) is 0 Å². The fourth-order valence-electron chi connectivity index (χ4n) is 10.9. The molecule has 4 heterocycles. The van der Waals surface area contributed by atoms with Gasteiger partial charge >= 0.3 is 0 Å². The molecule has 4 heteroatoms. The van der Waals surface area contributed by atoms with Crippen LogP contribution in [0.3, 0.4) is 0 Å². The summed E-state index contributed by atoms with van der Waals surface area (Å²) in [6.45, 7) is 0. The zero-order valence-corrected chi connectivity index (χ0v) is 34.8. The van der Waals surface area contributed by atoms with Gasteiger partial charge in [0.15, 0.2) is 0 Å². The molecule has 0 radical (unpaired) electrons. The highest BCUT2D eigenvalue weighted by molar-refractivity contribution is 6.13. The van der Waals surface area contributed by atoms with Crippen LogP contribution in [0, 0.1) is 0 Å². The molecule has 2 atom stereocenters. The van der Waals surface area contributed by atoms with Crippen LogP contribution >= 0.6 is 0 Å². The van der Waals surface area contributed by atoms with E-state index in [0.29, 0.717) is 0 Å². The Morgan fingerprint density at radius 2 is 0.734 bits per heavy atom. The van der Waals surface area contributed by atoms with Crippen molar-refractivity contribution in [1.29, 1.82) is 0 Å². The molecule has 1 aliphatic heterocycles. The number of aromatic nitrogens is 3. The monoisotopic (exact) mass is 817 g/mol. The van der Waals surface area contributed by atoms with Crippen molar-refractivity contribution < 1.29 is 4.74 Å². The molecule has 1 aliphatic carbocycles. The van der Waals surface area contributed by atoms with E-state index in [1.807, 2.05) is 0 Å². The summed E-state index contributed by atoms with van der Waals surface area (Å²) in [5.41, 5.74) is 16.7. The summed E-state index contributed by atoms with van der Waals surface area (Å²) in [6, 6.07) is 75.4. The molecule has 12 aromatic rings.